The molecular formula is C84H193N14O34PS10. The zero-order valence-corrected chi connectivity index (χ0v) is 106. The molecule has 0 spiro atoms. The van der Waals surface area contributed by atoms with Gasteiger partial charge in [-0.1, -0.05) is 132 Å². The molecule has 0 saturated heterocycles. The standard InChI is InChI=1S/2C6H14N2O3S.C6H10N2O.2C6H13NO3S.2C6H15NO2S.2C6H13NO2.2C6H14O2S.C5H11NO2.C5H13O2P.C4H11NO2S.C4H10O3S/c1-6(2,3)7-5(9)8-12(4,10)11;1-6(2,3)12(10,11)8-5(9)7-4;1-6(2,3)5(9)8-4-7;1-6(2,3)5(8)7-11(4,9)10;1-5(8)7-11(9,10)6(2,3)4;1-6(2,3)7(4)10(5,8)9;1-6(2,3)10(8,9)7(4)5;1-6(2,3)5(8)7(4)9;1-5(8)7(9)6(2,3)4;1-6(2,3)5-9(4,7)8;1-5-9(7,8)6(2,3)4;1-5(2,3)4(7)6-8;1-5(2,3)8(4,6)7;2*1-4(2,3)8(5,6)7/h2*1-4H3,(H2,7,8,9);1-3H3,(H,8,9);2*1-4H3,(H,7,8);2*1-5H3;2*9H,1-4H3;2*5H2,1-4H3;8H,1-3H3,(H,6,7);1-4H3,(H,6,7);1-3H3,(H2,5,6,7);1-3H3,(H,5,6,7). The number of nitrogens with one attached hydrogen (secondary N) is 8. The molecule has 0 bridgehead atoms. The minimum absolute atomic E-state index is 0.104. The van der Waals surface area contributed by atoms with Gasteiger partial charge >= 0.3 is 12.1 Å². The van der Waals surface area contributed by atoms with Crippen LogP contribution >= 0.6 is 7.37 Å². The highest BCUT2D eigenvalue weighted by atomic mass is 32.2. The smallest absolute Gasteiger partial charge is 0.328 e. The summed E-state index contributed by atoms with van der Waals surface area (Å²) >= 11 is 0. The Morgan fingerprint density at radius 1 is 0.427 bits per heavy atom. The van der Waals surface area contributed by atoms with E-state index in [0.717, 1.165) is 12.5 Å². The Hall–Kier alpha value is -5.74. The van der Waals surface area contributed by atoms with Gasteiger partial charge in [0.15, 0.2) is 16.0 Å². The van der Waals surface area contributed by atoms with Gasteiger partial charge in [0.05, 0.1) is 58.5 Å². The maximum absolute atomic E-state index is 11.3. The number of carbonyl (C=O) groups is 8. The molecule has 0 aromatic carbocycles. The minimum atomic E-state index is -3.84. The van der Waals surface area contributed by atoms with Gasteiger partial charge in [-0.05, 0) is 192 Å². The van der Waals surface area contributed by atoms with Gasteiger partial charge < -0.3 is 15.5 Å². The molecule has 0 aromatic heterocycles. The van der Waals surface area contributed by atoms with Crippen LogP contribution in [0.25, 0.3) is 0 Å². The lowest BCUT2D eigenvalue weighted by molar-refractivity contribution is -0.184. The number of nitrogens with two attached hydrogens (primary N) is 1. The number of nitrogens with zero attached hydrogens (tertiary/aromatic N) is 5. The zero-order chi connectivity index (χ0) is 122. The second kappa shape index (κ2) is 64.1. The van der Waals surface area contributed by atoms with Crippen molar-refractivity contribution in [1.29, 1.82) is 5.26 Å². The molecule has 48 nitrogen and oxygen atoms in total. The van der Waals surface area contributed by atoms with Crippen LogP contribution in [0.4, 0.5) is 9.59 Å². The Bertz CT molecular complexity index is 5170. The number of hydrogen-bond acceptors (Lipinski definition) is 33. The summed E-state index contributed by atoms with van der Waals surface area (Å²) in [6, 6.07) is -1.42. The van der Waals surface area contributed by atoms with Crippen LogP contribution in [0.5, 0.6) is 0 Å². The minimum Gasteiger partial charge on any atom is -0.344 e. The molecular weight excluding hydrogens is 2100 g/mol. The quantitative estimate of drug-likeness (QED) is 0.0268. The number of urea groups is 2. The molecule has 868 valence electrons. The van der Waals surface area contributed by atoms with Gasteiger partial charge in [-0.25, -0.2) is 120 Å². The van der Waals surface area contributed by atoms with E-state index in [1.54, 1.807) is 252 Å². The first-order valence-electron chi connectivity index (χ1n) is 43.1. The number of primary sulfonamides is 1. The lowest BCUT2D eigenvalue weighted by Gasteiger charge is -2.29. The molecule has 0 aliphatic rings. The maximum Gasteiger partial charge on any atom is 0.328 e. The van der Waals surface area contributed by atoms with E-state index in [1.165, 1.54) is 118 Å². The number of amides is 10. The Morgan fingerprint density at radius 3 is 0.776 bits per heavy atom. The second-order valence-electron chi connectivity index (χ2n) is 46.9. The molecule has 0 saturated carbocycles. The van der Waals surface area contributed by atoms with Gasteiger partial charge in [0.1, 0.15) is 9.84 Å². The molecule has 0 fully saturated rings. The van der Waals surface area contributed by atoms with Crippen molar-refractivity contribution in [2.24, 2.45) is 32.2 Å². The largest absolute Gasteiger partial charge is 0.344 e. The van der Waals surface area contributed by atoms with Crippen molar-refractivity contribution in [2.45, 2.75) is 383 Å². The number of sulfone groups is 2. The summed E-state index contributed by atoms with van der Waals surface area (Å²) in [7, 11) is -28.3. The normalized spacial score (nSPS) is 13.1. The topological polar surface area (TPSA) is 755 Å². The van der Waals surface area contributed by atoms with Crippen molar-refractivity contribution < 1.29 is 152 Å². The molecule has 15 N–H and O–H groups in total. The molecule has 0 rings (SSSR count). The summed E-state index contributed by atoms with van der Waals surface area (Å²) in [5.41, 5.74) is -1.87. The number of carbonyl (C=O) groups excluding carboxylic acids is 8. The molecule has 0 heterocycles. The van der Waals surface area contributed by atoms with Crippen molar-refractivity contribution >= 4 is 155 Å². The van der Waals surface area contributed by atoms with Gasteiger partial charge in [0.2, 0.25) is 107 Å². The first-order valence-corrected chi connectivity index (χ1v) is 62.0. The molecule has 0 radical (unpaired) electrons. The number of rotatable bonds is 8. The molecule has 0 aliphatic carbocycles. The molecule has 143 heavy (non-hydrogen) atoms. The fraction of sp³-hybridized carbons (Fsp3) is 0.893. The van der Waals surface area contributed by atoms with Crippen LogP contribution in [0, 0.1) is 38.5 Å². The molecule has 10 amide bonds. The Balaban J connectivity index is -0.0000000946. The van der Waals surface area contributed by atoms with E-state index in [2.05, 4.69) is 16.0 Å². The Morgan fingerprint density at radius 2 is 0.713 bits per heavy atom. The SMILES string of the molecule is CC(=O)N(O)C(C)(C)C.CC(=O)NS(=O)(=O)C(C)(C)C.CC(C)(C)C(=O)NC#N.CC(C)(C)C(=O)NO.CC(C)(C)C(=O)NS(C)(=O)=O.CC(C)(C)CS(C)(=O)=O.CC(C)(C)NC(=O)NS(C)(=O)=O.CC(C)(C)P(C)(=O)O.CC(C)(C)S(=O)(=O)O.CC(C)(C)S(N)(=O)=O.CCS(=O)(=O)C(C)(C)C.CN(C(C)(C)C)S(C)(=O)=O.CN(C)S(=O)(=O)C(C)(C)C.CN(O)C(=O)C(C)(C)C.CNC(=O)NS(=O)(=O)C(C)(C)C. The summed E-state index contributed by atoms with van der Waals surface area (Å²) < 4.78 is 240. The maximum atomic E-state index is 11.3. The van der Waals surface area contributed by atoms with Crippen LogP contribution < -0.4 is 45.5 Å². The monoisotopic (exact) mass is 2290 g/mol. The highest BCUT2D eigenvalue weighted by Crippen LogP contribution is 2.50. The van der Waals surface area contributed by atoms with E-state index in [1.807, 2.05) is 55.7 Å². The Labute approximate surface area is 864 Å². The van der Waals surface area contributed by atoms with Gasteiger partial charge in [0, 0.05) is 106 Å². The second-order valence-corrected chi connectivity index (χ2v) is 73.0. The fourth-order valence-corrected chi connectivity index (χ4v) is 12.1. The number of sulfonamides is 7. The van der Waals surface area contributed by atoms with E-state index in [9.17, 15) is 127 Å². The van der Waals surface area contributed by atoms with E-state index in [0.29, 0.717) is 10.1 Å². The molecule has 0 aromatic rings. The van der Waals surface area contributed by atoms with E-state index >= 15 is 0 Å². The summed E-state index contributed by atoms with van der Waals surface area (Å²) in [5.74, 6) is -1.76. The van der Waals surface area contributed by atoms with E-state index in [-0.39, 0.29) is 46.1 Å². The first kappa shape index (κ1) is 170. The van der Waals surface area contributed by atoms with Crippen LogP contribution in [0.3, 0.4) is 0 Å². The van der Waals surface area contributed by atoms with Crippen molar-refractivity contribution in [1.82, 2.24) is 59.1 Å². The third-order valence-corrected chi connectivity index (χ3v) is 34.3. The lowest BCUT2D eigenvalue weighted by atomic mass is 9.96. The van der Waals surface area contributed by atoms with Crippen LogP contribution in [-0.4, -0.2) is 304 Å². The molecule has 1 atom stereocenters. The predicted molar refractivity (Wildman–Crippen MR) is 571 cm³/mol. The van der Waals surface area contributed by atoms with E-state index < -0.39 is 198 Å². The summed E-state index contributed by atoms with van der Waals surface area (Å²) in [6.07, 6.45) is 5.92. The van der Waals surface area contributed by atoms with Crippen molar-refractivity contribution in [3.8, 4) is 6.19 Å². The van der Waals surface area contributed by atoms with Crippen LogP contribution in [0.2, 0.25) is 0 Å². The Kier molecular flexibility index (Phi) is 76.4. The summed E-state index contributed by atoms with van der Waals surface area (Å²) in [6.45, 7) is 81.6. The third-order valence-electron chi connectivity index (χ3n) is 15.2. The fourth-order valence-electron chi connectivity index (χ4n) is 5.15. The third kappa shape index (κ3) is 103. The highest BCUT2D eigenvalue weighted by Gasteiger charge is 2.36. The molecule has 1 unspecified atom stereocenters. The lowest BCUT2D eigenvalue weighted by Crippen LogP contribution is -2.47. The predicted octanol–water partition coefficient (Wildman–Crippen LogP) is 9.60. The van der Waals surface area contributed by atoms with Gasteiger partial charge in [-0.2, -0.15) is 18.0 Å². The van der Waals surface area contributed by atoms with Crippen molar-refractivity contribution in [3.63, 3.8) is 0 Å². The van der Waals surface area contributed by atoms with Gasteiger partial charge in [-0.15, -0.1) is 0 Å². The molecule has 0 aliphatic heterocycles. The van der Waals surface area contributed by atoms with Crippen LogP contribution in [-0.2, 0) is 133 Å². The first-order chi connectivity index (χ1) is 60.4. The highest BCUT2D eigenvalue weighted by molar-refractivity contribution is 7.93. The van der Waals surface area contributed by atoms with Crippen molar-refractivity contribution in [3.05, 3.63) is 0 Å². The average molecular weight is 2300 g/mol. The van der Waals surface area contributed by atoms with Crippen LogP contribution in [0.15, 0.2) is 0 Å². The molecule has 59 heteroatoms. The number of nitriles is 1. The van der Waals surface area contributed by atoms with Gasteiger partial charge in [-0.3, -0.25) is 68.3 Å². The number of hydrogen-bond donors (Lipinski definition) is 14. The van der Waals surface area contributed by atoms with Crippen molar-refractivity contribution in [2.75, 3.05) is 78.4 Å². The van der Waals surface area contributed by atoms with E-state index in [4.69, 9.17) is 35.5 Å². The summed E-state index contributed by atoms with van der Waals surface area (Å²) in [4.78, 5) is 94.4. The average Bonchev–Trinajstić information content (AvgIpc) is 0.818. The summed E-state index contributed by atoms with van der Waals surface area (Å²) in [5, 5.41) is 46.0. The van der Waals surface area contributed by atoms with Crippen LogP contribution in [0.1, 0.15) is 332 Å². The van der Waals surface area contributed by atoms with Gasteiger partial charge in [0.25, 0.3) is 16.0 Å². The zero-order valence-electron chi connectivity index (χ0n) is 96.8. The number of hydroxylamine groups is 5.